The molecule has 0 radical (unpaired) electrons. The van der Waals surface area contributed by atoms with Crippen molar-refractivity contribution < 1.29 is 22.7 Å². The number of ether oxygens (including phenoxy) is 1. The van der Waals surface area contributed by atoms with E-state index in [0.717, 1.165) is 16.7 Å². The molecule has 0 saturated carbocycles. The van der Waals surface area contributed by atoms with Crippen molar-refractivity contribution in [1.82, 2.24) is 9.36 Å². The maximum absolute atomic E-state index is 13.5. The lowest BCUT2D eigenvalue weighted by molar-refractivity contribution is -0.118. The van der Waals surface area contributed by atoms with E-state index in [2.05, 4.69) is 5.32 Å². The molecular weight excluding hydrogens is 592 g/mol. The van der Waals surface area contributed by atoms with E-state index in [-0.39, 0.29) is 27.3 Å². The number of primary sulfonamides is 1. The maximum atomic E-state index is 13.5. The van der Waals surface area contributed by atoms with Gasteiger partial charge in [-0.15, -0.1) is 0 Å². The molecule has 14 heteroatoms. The lowest BCUT2D eigenvalue weighted by atomic mass is 10.2. The first kappa shape index (κ1) is 29.6. The van der Waals surface area contributed by atoms with Crippen LogP contribution in [0, 0.1) is 12.3 Å². The highest BCUT2D eigenvalue weighted by molar-refractivity contribution is 8.19. The van der Waals surface area contributed by atoms with Gasteiger partial charge in [-0.05, 0) is 67.2 Å². The predicted octanol–water partition coefficient (Wildman–Crippen LogP) is 3.20. The number of aromatic nitrogens is 2. The molecule has 12 nitrogen and oxygen atoms in total. The van der Waals surface area contributed by atoms with Crippen LogP contribution in [-0.2, 0) is 26.7 Å². The zero-order valence-electron chi connectivity index (χ0n) is 23.0. The number of amidine groups is 1. The minimum absolute atomic E-state index is 0.0843. The van der Waals surface area contributed by atoms with Gasteiger partial charge in [0.05, 0.1) is 21.2 Å². The number of nitrogens with two attached hydrogens (primary N) is 1. The molecule has 1 fully saturated rings. The summed E-state index contributed by atoms with van der Waals surface area (Å²) < 4.78 is 31.7. The zero-order valence-corrected chi connectivity index (χ0v) is 24.6. The molecule has 1 aliphatic heterocycles. The predicted molar refractivity (Wildman–Crippen MR) is 165 cm³/mol. The Kier molecular flexibility index (Phi) is 8.08. The highest BCUT2D eigenvalue weighted by atomic mass is 32.2. The van der Waals surface area contributed by atoms with E-state index in [4.69, 9.17) is 15.3 Å². The Morgan fingerprint density at radius 2 is 1.67 bits per heavy atom. The summed E-state index contributed by atoms with van der Waals surface area (Å²) in [5.41, 5.74) is 1.65. The molecule has 2 amide bonds. The molecule has 0 spiro atoms. The van der Waals surface area contributed by atoms with Gasteiger partial charge in [0, 0.05) is 18.3 Å². The van der Waals surface area contributed by atoms with Crippen LogP contribution < -0.4 is 25.7 Å². The summed E-state index contributed by atoms with van der Waals surface area (Å²) in [6.07, 6.45) is 1.55. The molecule has 0 aliphatic carbocycles. The lowest BCUT2D eigenvalue weighted by Crippen LogP contribution is -2.33. The van der Waals surface area contributed by atoms with Crippen LogP contribution in [0.15, 0.2) is 93.5 Å². The summed E-state index contributed by atoms with van der Waals surface area (Å²) >= 11 is 0.914. The van der Waals surface area contributed by atoms with Gasteiger partial charge in [0.15, 0.2) is 11.8 Å². The van der Waals surface area contributed by atoms with Gasteiger partial charge < -0.3 is 10.1 Å². The molecule has 220 valence electrons. The number of nitrogens with zero attached hydrogens (tertiary/aromatic N) is 3. The Hall–Kier alpha value is -4.92. The van der Waals surface area contributed by atoms with Crippen molar-refractivity contribution in [2.75, 3.05) is 16.8 Å². The Balaban J connectivity index is 1.34. The van der Waals surface area contributed by atoms with Crippen LogP contribution in [0.4, 0.5) is 11.4 Å². The smallest absolute Gasteiger partial charge is 0.296 e. The second kappa shape index (κ2) is 11.8. The summed E-state index contributed by atoms with van der Waals surface area (Å²) in [7, 11) is -2.14. The normalized spacial score (nSPS) is 14.4. The van der Waals surface area contributed by atoms with Crippen molar-refractivity contribution in [3.63, 3.8) is 0 Å². The number of nitrogens with one attached hydrogen (secondary N) is 2. The summed E-state index contributed by atoms with van der Waals surface area (Å²) in [6, 6.07) is 21.1. The molecule has 2 heterocycles. The number of sulfonamides is 1. The Morgan fingerprint density at radius 1 is 1.02 bits per heavy atom. The molecule has 0 unspecified atom stereocenters. The van der Waals surface area contributed by atoms with E-state index in [1.807, 2.05) is 6.07 Å². The first-order chi connectivity index (χ1) is 20.5. The fourth-order valence-corrected chi connectivity index (χ4v) is 5.80. The van der Waals surface area contributed by atoms with Crippen molar-refractivity contribution in [3.8, 4) is 11.4 Å². The average Bonchev–Trinajstić information content (AvgIpc) is 3.37. The number of thioether (sulfide) groups is 1. The van der Waals surface area contributed by atoms with Gasteiger partial charge in [-0.3, -0.25) is 24.5 Å². The fourth-order valence-electron chi connectivity index (χ4n) is 4.44. The van der Waals surface area contributed by atoms with Gasteiger partial charge in [-0.1, -0.05) is 36.4 Å². The van der Waals surface area contributed by atoms with E-state index in [1.165, 1.54) is 28.9 Å². The molecule has 43 heavy (non-hydrogen) atoms. The lowest BCUT2D eigenvalue weighted by Gasteiger charge is -2.12. The standard InChI is InChI=1S/C29H26N6O6S2/c1-18-26(28(38)35(33(18)2)21-9-4-3-5-10-21)34-27(37)24(42-29(34)30)16-19-8-6-7-11-23(19)41-17-25(36)32-20-12-14-22(15-13-20)43(31,39)40/h3-16,30H,17H2,1-2H3,(H,32,36)(H2,31,39,40)/b24-16-,30-29?. The third-order valence-corrected chi connectivity index (χ3v) is 8.42. The number of carbonyl (C=O) groups is 2. The molecule has 5 rings (SSSR count). The monoisotopic (exact) mass is 618 g/mol. The van der Waals surface area contributed by atoms with Crippen molar-refractivity contribution in [1.29, 1.82) is 5.41 Å². The molecule has 0 atom stereocenters. The molecule has 4 N–H and O–H groups in total. The van der Waals surface area contributed by atoms with Crippen LogP contribution in [0.1, 0.15) is 11.3 Å². The van der Waals surface area contributed by atoms with E-state index in [1.54, 1.807) is 73.3 Å². The number of hydrogen-bond acceptors (Lipinski definition) is 8. The molecular formula is C29H26N6O6S2. The SMILES string of the molecule is Cc1c(N2C(=N)S/C(=C\c3ccccc3OCC(=O)Nc3ccc(S(N)(=O)=O)cc3)C2=O)c(=O)n(-c2ccccc2)n1C. The number of carbonyl (C=O) groups excluding carboxylic acids is 2. The highest BCUT2D eigenvalue weighted by Crippen LogP contribution is 2.36. The van der Waals surface area contributed by atoms with E-state index in [9.17, 15) is 22.8 Å². The summed E-state index contributed by atoms with van der Waals surface area (Å²) in [5.74, 6) is -0.716. The van der Waals surface area contributed by atoms with Crippen molar-refractivity contribution in [2.45, 2.75) is 11.8 Å². The molecule has 1 aliphatic rings. The van der Waals surface area contributed by atoms with Gasteiger partial charge in [0.25, 0.3) is 17.4 Å². The van der Waals surface area contributed by atoms with E-state index < -0.39 is 27.4 Å². The fraction of sp³-hybridized carbons (Fsp3) is 0.103. The topological polar surface area (TPSA) is 170 Å². The molecule has 0 bridgehead atoms. The molecule has 1 saturated heterocycles. The van der Waals surface area contributed by atoms with Gasteiger partial charge in [0.2, 0.25) is 10.0 Å². The Labute approximate surface area is 250 Å². The Morgan fingerprint density at radius 3 is 2.35 bits per heavy atom. The minimum atomic E-state index is -3.86. The number of amides is 2. The van der Waals surface area contributed by atoms with Crippen LogP contribution in [0.3, 0.4) is 0 Å². The van der Waals surface area contributed by atoms with Gasteiger partial charge >= 0.3 is 0 Å². The number of para-hydroxylation sites is 2. The van der Waals surface area contributed by atoms with Crippen LogP contribution in [0.2, 0.25) is 0 Å². The molecule has 4 aromatic rings. The van der Waals surface area contributed by atoms with Crippen LogP contribution in [0.25, 0.3) is 11.8 Å². The van der Waals surface area contributed by atoms with Gasteiger partial charge in [-0.25, -0.2) is 23.1 Å². The summed E-state index contributed by atoms with van der Waals surface area (Å²) in [5, 5.41) is 16.1. The van der Waals surface area contributed by atoms with Gasteiger partial charge in [-0.2, -0.15) is 0 Å². The number of rotatable bonds is 8. The zero-order chi connectivity index (χ0) is 30.9. The van der Waals surface area contributed by atoms with Crippen molar-refractivity contribution in [3.05, 3.63) is 105 Å². The third kappa shape index (κ3) is 6.02. The van der Waals surface area contributed by atoms with Gasteiger partial charge in [0.1, 0.15) is 11.4 Å². The largest absolute Gasteiger partial charge is 0.483 e. The first-order valence-electron chi connectivity index (χ1n) is 12.8. The third-order valence-electron chi connectivity index (χ3n) is 6.60. The van der Waals surface area contributed by atoms with Crippen LogP contribution >= 0.6 is 11.8 Å². The summed E-state index contributed by atoms with van der Waals surface area (Å²) in [6.45, 7) is 1.34. The maximum Gasteiger partial charge on any atom is 0.296 e. The second-order valence-corrected chi connectivity index (χ2v) is 12.0. The van der Waals surface area contributed by atoms with Crippen molar-refractivity contribution in [2.24, 2.45) is 12.2 Å². The van der Waals surface area contributed by atoms with Crippen molar-refractivity contribution >= 4 is 56.2 Å². The number of anilines is 2. The quantitative estimate of drug-likeness (QED) is 0.255. The molecule has 3 aromatic carbocycles. The second-order valence-electron chi connectivity index (χ2n) is 9.41. The van der Waals surface area contributed by atoms with Crippen LogP contribution in [0.5, 0.6) is 5.75 Å². The van der Waals surface area contributed by atoms with E-state index >= 15 is 0 Å². The number of hydrogen-bond donors (Lipinski definition) is 3. The summed E-state index contributed by atoms with van der Waals surface area (Å²) in [4.78, 5) is 40.7. The average molecular weight is 619 g/mol. The number of benzene rings is 3. The Bertz CT molecular complexity index is 1950. The molecule has 1 aromatic heterocycles. The van der Waals surface area contributed by atoms with E-state index in [0.29, 0.717) is 28.4 Å². The highest BCUT2D eigenvalue weighted by Gasteiger charge is 2.38. The first-order valence-corrected chi connectivity index (χ1v) is 15.1. The van der Waals surface area contributed by atoms with Crippen LogP contribution in [-0.4, -0.2) is 41.4 Å². The minimum Gasteiger partial charge on any atom is -0.483 e.